The topological polar surface area (TPSA) is 49.8 Å². The number of benzene rings is 1. The van der Waals surface area contributed by atoms with Gasteiger partial charge in [0, 0.05) is 19.2 Å². The summed E-state index contributed by atoms with van der Waals surface area (Å²) < 4.78 is 42.7. The first kappa shape index (κ1) is 15.5. The molecule has 1 fully saturated rings. The van der Waals surface area contributed by atoms with Crippen LogP contribution in [0, 0.1) is 5.92 Å². The Morgan fingerprint density at radius 1 is 1.33 bits per heavy atom. The lowest BCUT2D eigenvalue weighted by atomic mass is 9.96. The first-order chi connectivity index (χ1) is 9.82. The van der Waals surface area contributed by atoms with Gasteiger partial charge in [0.25, 0.3) is 5.91 Å². The minimum Gasteiger partial charge on any atom is -0.507 e. The molecule has 0 bridgehead atoms. The Morgan fingerprint density at radius 2 is 1.95 bits per heavy atom. The molecule has 1 aliphatic rings. The minimum absolute atomic E-state index is 0.0362. The molecule has 116 valence electrons. The van der Waals surface area contributed by atoms with Crippen molar-refractivity contribution in [1.82, 2.24) is 4.90 Å². The Morgan fingerprint density at radius 3 is 2.43 bits per heavy atom. The quantitative estimate of drug-likeness (QED) is 0.914. The molecule has 0 saturated carbocycles. The Balaban J connectivity index is 2.05. The molecule has 1 amide bonds. The smallest absolute Gasteiger partial charge is 0.391 e. The molecule has 1 aromatic carbocycles. The molecule has 1 N–H and O–H groups in total. The number of rotatable bonds is 2. The number of hydrogen-bond acceptors (Lipinski definition) is 3. The summed E-state index contributed by atoms with van der Waals surface area (Å²) in [6.45, 7) is 0.0724. The molecule has 1 heterocycles. The van der Waals surface area contributed by atoms with Gasteiger partial charge in [-0.25, -0.2) is 0 Å². The normalized spacial score (nSPS) is 16.9. The van der Waals surface area contributed by atoms with E-state index in [-0.39, 0.29) is 37.2 Å². The lowest BCUT2D eigenvalue weighted by molar-refractivity contribution is -0.183. The fraction of sp³-hybridized carbons (Fsp3) is 0.500. The average Bonchev–Trinajstić information content (AvgIpc) is 2.45. The van der Waals surface area contributed by atoms with E-state index >= 15 is 0 Å². The summed E-state index contributed by atoms with van der Waals surface area (Å²) in [4.78, 5) is 13.6. The van der Waals surface area contributed by atoms with Crippen LogP contribution < -0.4 is 4.74 Å². The van der Waals surface area contributed by atoms with Gasteiger partial charge in [0.15, 0.2) is 0 Å². The number of nitrogens with zero attached hydrogens (tertiary/aromatic N) is 1. The summed E-state index contributed by atoms with van der Waals surface area (Å²) in [6.07, 6.45) is -4.42. The van der Waals surface area contributed by atoms with Gasteiger partial charge in [-0.2, -0.15) is 13.2 Å². The van der Waals surface area contributed by atoms with Gasteiger partial charge < -0.3 is 14.7 Å². The van der Waals surface area contributed by atoms with E-state index in [1.165, 1.54) is 30.2 Å². The number of alkyl halides is 3. The highest BCUT2D eigenvalue weighted by Gasteiger charge is 2.41. The van der Waals surface area contributed by atoms with E-state index in [0.717, 1.165) is 0 Å². The number of aromatic hydroxyl groups is 1. The Kier molecular flexibility index (Phi) is 4.29. The van der Waals surface area contributed by atoms with Gasteiger partial charge in [0.1, 0.15) is 11.5 Å². The summed E-state index contributed by atoms with van der Waals surface area (Å²) in [7, 11) is 1.43. The van der Waals surface area contributed by atoms with Crippen molar-refractivity contribution in [2.24, 2.45) is 5.92 Å². The number of phenols is 1. The van der Waals surface area contributed by atoms with Crippen molar-refractivity contribution in [3.63, 3.8) is 0 Å². The van der Waals surface area contributed by atoms with Gasteiger partial charge >= 0.3 is 6.18 Å². The van der Waals surface area contributed by atoms with Crippen LogP contribution in [-0.2, 0) is 0 Å². The van der Waals surface area contributed by atoms with Crippen LogP contribution in [0.2, 0.25) is 0 Å². The number of methoxy groups -OCH3 is 1. The molecule has 1 aromatic rings. The number of hydrogen-bond donors (Lipinski definition) is 1. The second-order valence-electron chi connectivity index (χ2n) is 4.99. The van der Waals surface area contributed by atoms with Crippen molar-refractivity contribution < 1.29 is 27.8 Å². The second kappa shape index (κ2) is 5.83. The van der Waals surface area contributed by atoms with Crippen molar-refractivity contribution in [2.75, 3.05) is 20.2 Å². The second-order valence-corrected chi connectivity index (χ2v) is 4.99. The highest BCUT2D eigenvalue weighted by atomic mass is 19.4. The molecule has 4 nitrogen and oxygen atoms in total. The number of halogens is 3. The van der Waals surface area contributed by atoms with E-state index in [4.69, 9.17) is 4.74 Å². The fourth-order valence-electron chi connectivity index (χ4n) is 2.40. The molecule has 0 aromatic heterocycles. The van der Waals surface area contributed by atoms with Crippen LogP contribution in [-0.4, -0.2) is 42.3 Å². The number of ether oxygens (including phenoxy) is 1. The van der Waals surface area contributed by atoms with E-state index in [1.54, 1.807) is 0 Å². The predicted molar refractivity (Wildman–Crippen MR) is 69.3 cm³/mol. The Labute approximate surface area is 120 Å². The molecular formula is C14H16F3NO3. The lowest BCUT2D eigenvalue weighted by Gasteiger charge is -2.33. The Bertz CT molecular complexity index is 523. The molecule has 21 heavy (non-hydrogen) atoms. The zero-order valence-electron chi connectivity index (χ0n) is 11.5. The largest absolute Gasteiger partial charge is 0.507 e. The maximum absolute atomic E-state index is 12.6. The molecule has 7 heteroatoms. The van der Waals surface area contributed by atoms with Gasteiger partial charge in [0.05, 0.1) is 18.6 Å². The minimum atomic E-state index is -4.21. The molecule has 2 rings (SSSR count). The van der Waals surface area contributed by atoms with Gasteiger partial charge in [-0.1, -0.05) is 0 Å². The third-order valence-corrected chi connectivity index (χ3v) is 3.68. The number of piperidine rings is 1. The summed E-state index contributed by atoms with van der Waals surface area (Å²) in [5.41, 5.74) is 0.0706. The number of likely N-dealkylation sites (tertiary alicyclic amines) is 1. The van der Waals surface area contributed by atoms with Crippen molar-refractivity contribution in [3.05, 3.63) is 23.8 Å². The van der Waals surface area contributed by atoms with E-state index in [2.05, 4.69) is 0 Å². The third-order valence-electron chi connectivity index (χ3n) is 3.68. The zero-order valence-corrected chi connectivity index (χ0v) is 11.5. The van der Waals surface area contributed by atoms with Crippen molar-refractivity contribution in [1.29, 1.82) is 0 Å². The number of phenolic OH excluding ortho intramolecular Hbond substituents is 1. The molecule has 0 spiro atoms. The molecule has 1 aliphatic heterocycles. The summed E-state index contributed by atoms with van der Waals surface area (Å²) >= 11 is 0. The number of amides is 1. The fourth-order valence-corrected chi connectivity index (χ4v) is 2.40. The molecule has 1 saturated heterocycles. The molecule has 0 atom stereocenters. The van der Waals surface area contributed by atoms with Crippen LogP contribution in [0.25, 0.3) is 0 Å². The summed E-state index contributed by atoms with van der Waals surface area (Å²) in [6, 6.07) is 4.23. The highest BCUT2D eigenvalue weighted by Crippen LogP contribution is 2.35. The highest BCUT2D eigenvalue weighted by molar-refractivity contribution is 5.97. The monoisotopic (exact) mass is 303 g/mol. The van der Waals surface area contributed by atoms with E-state index in [1.807, 2.05) is 0 Å². The molecule has 0 unspecified atom stereocenters. The van der Waals surface area contributed by atoms with Crippen molar-refractivity contribution >= 4 is 5.91 Å². The molecular weight excluding hydrogens is 287 g/mol. The first-order valence-electron chi connectivity index (χ1n) is 6.56. The van der Waals surface area contributed by atoms with E-state index < -0.39 is 18.0 Å². The molecule has 0 aliphatic carbocycles. The van der Waals surface area contributed by atoms with Crippen LogP contribution in [0.4, 0.5) is 13.2 Å². The number of carbonyl (C=O) groups excluding carboxylic acids is 1. The summed E-state index contributed by atoms with van der Waals surface area (Å²) in [5.74, 6) is -1.65. The SMILES string of the molecule is COc1ccc(C(=O)N2CCC(C(F)(F)F)CC2)c(O)c1. The number of carbonyl (C=O) groups is 1. The zero-order chi connectivity index (χ0) is 15.6. The Hall–Kier alpha value is -1.92. The van der Waals surface area contributed by atoms with Crippen molar-refractivity contribution in [3.8, 4) is 11.5 Å². The molecule has 0 radical (unpaired) electrons. The van der Waals surface area contributed by atoms with Crippen molar-refractivity contribution in [2.45, 2.75) is 19.0 Å². The van der Waals surface area contributed by atoms with Gasteiger partial charge in [-0.05, 0) is 25.0 Å². The van der Waals surface area contributed by atoms with Crippen LogP contribution >= 0.6 is 0 Å². The van der Waals surface area contributed by atoms with Crippen LogP contribution in [0.3, 0.4) is 0 Å². The van der Waals surface area contributed by atoms with Gasteiger partial charge in [-0.3, -0.25) is 4.79 Å². The first-order valence-corrected chi connectivity index (χ1v) is 6.56. The van der Waals surface area contributed by atoms with Gasteiger partial charge in [-0.15, -0.1) is 0 Å². The predicted octanol–water partition coefficient (Wildman–Crippen LogP) is 2.82. The third kappa shape index (κ3) is 3.40. The van der Waals surface area contributed by atoms with Crippen LogP contribution in [0.1, 0.15) is 23.2 Å². The lowest BCUT2D eigenvalue weighted by Crippen LogP contribution is -2.42. The summed E-state index contributed by atoms with van der Waals surface area (Å²) in [5, 5.41) is 9.80. The maximum Gasteiger partial charge on any atom is 0.391 e. The standard InChI is InChI=1S/C14H16F3NO3/c1-21-10-2-3-11(12(19)8-10)13(20)18-6-4-9(5-7-18)14(15,16)17/h2-3,8-9,19H,4-7H2,1H3. The van der Waals surface area contributed by atoms with Crippen LogP contribution in [0.5, 0.6) is 11.5 Å². The average molecular weight is 303 g/mol. The maximum atomic E-state index is 12.6. The van der Waals surface area contributed by atoms with E-state index in [9.17, 15) is 23.1 Å². The van der Waals surface area contributed by atoms with E-state index in [0.29, 0.717) is 5.75 Å². The van der Waals surface area contributed by atoms with Gasteiger partial charge in [0.2, 0.25) is 0 Å². The van der Waals surface area contributed by atoms with Crippen LogP contribution in [0.15, 0.2) is 18.2 Å².